The van der Waals surface area contributed by atoms with Crippen LogP contribution in [0.4, 0.5) is 0 Å². The van der Waals surface area contributed by atoms with Gasteiger partial charge in [0.1, 0.15) is 11.5 Å². The molecule has 0 aliphatic carbocycles. The van der Waals surface area contributed by atoms with Crippen molar-refractivity contribution < 1.29 is 14.2 Å². The molecular formula is C22H32O3. The predicted octanol–water partition coefficient (Wildman–Crippen LogP) is 5.64. The van der Waals surface area contributed by atoms with E-state index in [-0.39, 0.29) is 5.60 Å². The van der Waals surface area contributed by atoms with E-state index < -0.39 is 0 Å². The summed E-state index contributed by atoms with van der Waals surface area (Å²) in [5, 5.41) is 0. The smallest absolute Gasteiger partial charge is 0.126 e. The Hall–Kier alpha value is -1.48. The molecule has 1 aromatic carbocycles. The summed E-state index contributed by atoms with van der Waals surface area (Å²) in [5.74, 6) is 2.38. The van der Waals surface area contributed by atoms with Gasteiger partial charge in [-0.15, -0.1) is 0 Å². The van der Waals surface area contributed by atoms with Crippen molar-refractivity contribution in [1.29, 1.82) is 0 Å². The Morgan fingerprint density at radius 1 is 1.40 bits per heavy atom. The predicted molar refractivity (Wildman–Crippen MR) is 102 cm³/mol. The lowest BCUT2D eigenvalue weighted by Crippen LogP contribution is -2.09. The van der Waals surface area contributed by atoms with Gasteiger partial charge in [-0.2, -0.15) is 0 Å². The normalized spacial score (nSPS) is 27.8. The SMILES string of the molecule is CCCC1(C)OC1CC/C(C)=C/CCOc1ccc2c(c1)OCC2C. The molecule has 2 aliphatic heterocycles. The first-order chi connectivity index (χ1) is 12.0. The minimum absolute atomic E-state index is 0.158. The number of benzene rings is 1. The van der Waals surface area contributed by atoms with Crippen LogP contribution in [0.2, 0.25) is 0 Å². The van der Waals surface area contributed by atoms with Gasteiger partial charge in [-0.3, -0.25) is 0 Å². The van der Waals surface area contributed by atoms with Crippen molar-refractivity contribution in [3.05, 3.63) is 35.4 Å². The van der Waals surface area contributed by atoms with Gasteiger partial charge < -0.3 is 14.2 Å². The molecule has 3 heteroatoms. The molecule has 0 spiro atoms. The highest BCUT2D eigenvalue weighted by Gasteiger charge is 2.50. The van der Waals surface area contributed by atoms with Crippen LogP contribution in [-0.4, -0.2) is 24.9 Å². The molecule has 1 aromatic rings. The fraction of sp³-hybridized carbons (Fsp3) is 0.636. The summed E-state index contributed by atoms with van der Waals surface area (Å²) >= 11 is 0. The maximum atomic E-state index is 5.87. The van der Waals surface area contributed by atoms with Crippen molar-refractivity contribution >= 4 is 0 Å². The van der Waals surface area contributed by atoms with E-state index in [1.807, 2.05) is 6.07 Å². The van der Waals surface area contributed by atoms with E-state index in [1.54, 1.807) is 0 Å². The highest BCUT2D eigenvalue weighted by atomic mass is 16.6. The second kappa shape index (κ2) is 7.82. The zero-order valence-corrected chi connectivity index (χ0v) is 16.1. The number of hydrogen-bond acceptors (Lipinski definition) is 3. The van der Waals surface area contributed by atoms with Gasteiger partial charge in [0, 0.05) is 17.5 Å². The Bertz CT molecular complexity index is 622. The summed E-state index contributed by atoms with van der Waals surface area (Å²) < 4.78 is 17.4. The van der Waals surface area contributed by atoms with Crippen LogP contribution in [-0.2, 0) is 4.74 Å². The van der Waals surface area contributed by atoms with Crippen LogP contribution in [0, 0.1) is 0 Å². The Morgan fingerprint density at radius 2 is 2.24 bits per heavy atom. The first kappa shape index (κ1) is 18.3. The van der Waals surface area contributed by atoms with Crippen molar-refractivity contribution in [1.82, 2.24) is 0 Å². The number of fused-ring (bicyclic) bond motifs is 1. The Labute approximate surface area is 152 Å². The van der Waals surface area contributed by atoms with E-state index >= 15 is 0 Å². The van der Waals surface area contributed by atoms with Crippen molar-refractivity contribution in [2.24, 2.45) is 0 Å². The van der Waals surface area contributed by atoms with Gasteiger partial charge >= 0.3 is 0 Å². The summed E-state index contributed by atoms with van der Waals surface area (Å²) in [6.07, 6.45) is 8.34. The van der Waals surface area contributed by atoms with Gasteiger partial charge in [-0.05, 0) is 45.6 Å². The van der Waals surface area contributed by atoms with E-state index in [0.29, 0.717) is 18.6 Å². The molecule has 1 saturated heterocycles. The van der Waals surface area contributed by atoms with Crippen LogP contribution in [0.5, 0.6) is 11.5 Å². The maximum absolute atomic E-state index is 5.87. The molecule has 138 valence electrons. The largest absolute Gasteiger partial charge is 0.493 e. The van der Waals surface area contributed by atoms with Crippen molar-refractivity contribution in [3.8, 4) is 11.5 Å². The third kappa shape index (κ3) is 4.58. The van der Waals surface area contributed by atoms with Gasteiger partial charge in [0.15, 0.2) is 0 Å². The molecule has 3 unspecified atom stereocenters. The quantitative estimate of drug-likeness (QED) is 0.330. The van der Waals surface area contributed by atoms with Crippen LogP contribution in [0.25, 0.3) is 0 Å². The fourth-order valence-corrected chi connectivity index (χ4v) is 3.76. The van der Waals surface area contributed by atoms with Gasteiger partial charge in [0.25, 0.3) is 0 Å². The molecule has 0 amide bonds. The van der Waals surface area contributed by atoms with Gasteiger partial charge in [-0.25, -0.2) is 0 Å². The number of epoxide rings is 1. The molecule has 0 aromatic heterocycles. The molecule has 1 fully saturated rings. The number of hydrogen-bond donors (Lipinski definition) is 0. The van der Waals surface area contributed by atoms with Gasteiger partial charge in [0.2, 0.25) is 0 Å². The van der Waals surface area contributed by atoms with Gasteiger partial charge in [0.05, 0.1) is 24.9 Å². The zero-order chi connectivity index (χ0) is 17.9. The first-order valence-corrected chi connectivity index (χ1v) is 9.75. The van der Waals surface area contributed by atoms with Crippen molar-refractivity contribution in [2.45, 2.75) is 77.4 Å². The Morgan fingerprint density at radius 3 is 3.04 bits per heavy atom. The second-order valence-corrected chi connectivity index (χ2v) is 7.81. The third-order valence-electron chi connectivity index (χ3n) is 5.47. The number of allylic oxidation sites excluding steroid dienone is 1. The molecular weight excluding hydrogens is 312 g/mol. The van der Waals surface area contributed by atoms with E-state index in [2.05, 4.69) is 45.9 Å². The molecule has 0 bridgehead atoms. The van der Waals surface area contributed by atoms with Crippen molar-refractivity contribution in [3.63, 3.8) is 0 Å². The second-order valence-electron chi connectivity index (χ2n) is 7.81. The van der Waals surface area contributed by atoms with Gasteiger partial charge in [-0.1, -0.05) is 38.0 Å². The molecule has 0 saturated carbocycles. The minimum atomic E-state index is 0.158. The number of rotatable bonds is 9. The zero-order valence-electron chi connectivity index (χ0n) is 16.1. The maximum Gasteiger partial charge on any atom is 0.126 e. The van der Waals surface area contributed by atoms with Crippen LogP contribution < -0.4 is 9.47 Å². The lowest BCUT2D eigenvalue weighted by molar-refractivity contribution is 0.292. The Kier molecular flexibility index (Phi) is 5.73. The van der Waals surface area contributed by atoms with Crippen LogP contribution in [0.1, 0.15) is 71.3 Å². The molecule has 3 nitrogen and oxygen atoms in total. The van der Waals surface area contributed by atoms with E-state index in [4.69, 9.17) is 14.2 Å². The topological polar surface area (TPSA) is 31.0 Å². The third-order valence-corrected chi connectivity index (χ3v) is 5.47. The standard InChI is InChI=1S/C22H32O3/c1-5-12-22(4)21(25-22)11-8-16(2)7-6-13-23-18-9-10-19-17(3)15-24-20(19)14-18/h7,9-10,14,17,21H,5-6,8,11-13,15H2,1-4H3/b16-7+. The molecule has 3 atom stereocenters. The molecule has 2 heterocycles. The highest BCUT2D eigenvalue weighted by Crippen LogP contribution is 2.43. The van der Waals surface area contributed by atoms with Crippen molar-refractivity contribution in [2.75, 3.05) is 13.2 Å². The average Bonchev–Trinajstić information content (AvgIpc) is 3.09. The summed E-state index contributed by atoms with van der Waals surface area (Å²) in [6.45, 7) is 10.4. The van der Waals surface area contributed by atoms with Crippen LogP contribution in [0.15, 0.2) is 29.8 Å². The van der Waals surface area contributed by atoms with E-state index in [0.717, 1.165) is 37.4 Å². The molecule has 0 N–H and O–H groups in total. The van der Waals surface area contributed by atoms with Crippen LogP contribution >= 0.6 is 0 Å². The lowest BCUT2D eigenvalue weighted by Gasteiger charge is -2.07. The highest BCUT2D eigenvalue weighted by molar-refractivity contribution is 5.44. The monoisotopic (exact) mass is 344 g/mol. The van der Waals surface area contributed by atoms with Crippen LogP contribution in [0.3, 0.4) is 0 Å². The lowest BCUT2D eigenvalue weighted by atomic mass is 9.97. The molecule has 3 rings (SSSR count). The molecule has 25 heavy (non-hydrogen) atoms. The van der Waals surface area contributed by atoms with E-state index in [1.165, 1.54) is 24.0 Å². The fourth-order valence-electron chi connectivity index (χ4n) is 3.76. The summed E-state index contributed by atoms with van der Waals surface area (Å²) in [4.78, 5) is 0. The molecule has 2 aliphatic rings. The number of ether oxygens (including phenoxy) is 3. The Balaban J connectivity index is 1.36. The summed E-state index contributed by atoms with van der Waals surface area (Å²) in [7, 11) is 0. The van der Waals surface area contributed by atoms with E-state index in [9.17, 15) is 0 Å². The average molecular weight is 344 g/mol. The minimum Gasteiger partial charge on any atom is -0.493 e. The summed E-state index contributed by atoms with van der Waals surface area (Å²) in [6, 6.07) is 6.21. The summed E-state index contributed by atoms with van der Waals surface area (Å²) in [5.41, 5.74) is 2.88. The first-order valence-electron chi connectivity index (χ1n) is 9.75. The molecule has 0 radical (unpaired) electrons.